The molecule has 0 saturated carbocycles. The summed E-state index contributed by atoms with van der Waals surface area (Å²) in [6.07, 6.45) is 2.81. The molecule has 2 aliphatic rings. The topological polar surface area (TPSA) is 135 Å². The van der Waals surface area contributed by atoms with E-state index in [4.69, 9.17) is 9.47 Å². The van der Waals surface area contributed by atoms with Crippen LogP contribution in [0.2, 0.25) is 0 Å². The number of ether oxygens (including phenoxy) is 2. The van der Waals surface area contributed by atoms with Gasteiger partial charge in [-0.05, 0) is 44.0 Å². The molecule has 0 spiro atoms. The third kappa shape index (κ3) is 4.95. The average Bonchev–Trinajstić information content (AvgIpc) is 3.48. The number of sulfonamides is 1. The first-order valence-corrected chi connectivity index (χ1v) is 14.0. The van der Waals surface area contributed by atoms with E-state index in [0.717, 1.165) is 11.3 Å². The number of amides is 1. The molecule has 192 valence electrons. The Morgan fingerprint density at radius 3 is 2.84 bits per heavy atom. The number of anilines is 1. The van der Waals surface area contributed by atoms with Crippen molar-refractivity contribution >= 4 is 32.4 Å². The fourth-order valence-corrected chi connectivity index (χ4v) is 7.35. The summed E-state index contributed by atoms with van der Waals surface area (Å²) >= 11 is 1.26. The van der Waals surface area contributed by atoms with Gasteiger partial charge in [0.15, 0.2) is 5.13 Å². The molecule has 1 saturated heterocycles. The SMILES string of the molecule is COc1ccc(C#N)cc1-c1cc(C)ncc1C(=O)Nc1nc2c(s1)CN(S(=O)(=O)[C@@H]1CCCOC1)C2. The van der Waals surface area contributed by atoms with Crippen LogP contribution >= 0.6 is 11.3 Å². The molecule has 1 aromatic carbocycles. The molecule has 2 aromatic heterocycles. The van der Waals surface area contributed by atoms with Crippen LogP contribution in [-0.4, -0.2) is 54.2 Å². The number of thiazole rings is 1. The highest BCUT2D eigenvalue weighted by molar-refractivity contribution is 7.89. The van der Waals surface area contributed by atoms with Crippen molar-refractivity contribution in [2.24, 2.45) is 0 Å². The maximum atomic E-state index is 13.3. The molecule has 37 heavy (non-hydrogen) atoms. The van der Waals surface area contributed by atoms with Gasteiger partial charge in [0.05, 0.1) is 54.9 Å². The van der Waals surface area contributed by atoms with Gasteiger partial charge in [-0.15, -0.1) is 0 Å². The van der Waals surface area contributed by atoms with E-state index in [2.05, 4.69) is 21.4 Å². The Morgan fingerprint density at radius 2 is 2.14 bits per heavy atom. The average molecular weight is 540 g/mol. The Balaban J connectivity index is 1.37. The third-order valence-electron chi connectivity index (χ3n) is 6.45. The standard InChI is InChI=1S/C25H25N5O5S2/c1-15-8-18(19-9-16(10-26)5-6-22(19)34-2)20(11-27-15)24(31)29-25-28-21-12-30(13-23(21)36-25)37(32,33)17-4-3-7-35-14-17/h5-6,8-9,11,17H,3-4,7,12-14H2,1-2H3,(H,28,29,31)/t17-/m1/s1. The molecule has 0 bridgehead atoms. The van der Waals surface area contributed by atoms with Gasteiger partial charge in [0.25, 0.3) is 5.91 Å². The summed E-state index contributed by atoms with van der Waals surface area (Å²) in [4.78, 5) is 22.9. The molecule has 3 aromatic rings. The normalized spacial score (nSPS) is 17.7. The monoisotopic (exact) mass is 539 g/mol. The fraction of sp³-hybridized carbons (Fsp3) is 0.360. The van der Waals surface area contributed by atoms with Crippen molar-refractivity contribution in [2.45, 2.75) is 38.1 Å². The predicted octanol–water partition coefficient (Wildman–Crippen LogP) is 3.47. The van der Waals surface area contributed by atoms with E-state index in [1.54, 1.807) is 24.3 Å². The lowest BCUT2D eigenvalue weighted by Crippen LogP contribution is -2.40. The largest absolute Gasteiger partial charge is 0.496 e. The third-order valence-corrected chi connectivity index (χ3v) is 9.64. The minimum Gasteiger partial charge on any atom is -0.496 e. The van der Waals surface area contributed by atoms with Crippen LogP contribution in [0.25, 0.3) is 11.1 Å². The molecule has 0 radical (unpaired) electrons. The molecule has 0 unspecified atom stereocenters. The van der Waals surface area contributed by atoms with Crippen molar-refractivity contribution in [3.8, 4) is 22.9 Å². The second kappa shape index (κ2) is 10.2. The van der Waals surface area contributed by atoms with Gasteiger partial charge >= 0.3 is 0 Å². The van der Waals surface area contributed by atoms with Crippen LogP contribution in [0, 0.1) is 18.3 Å². The number of nitrogens with one attached hydrogen (secondary N) is 1. The number of aromatic nitrogens is 2. The highest BCUT2D eigenvalue weighted by Crippen LogP contribution is 2.36. The number of nitriles is 1. The van der Waals surface area contributed by atoms with Gasteiger partial charge in [0.1, 0.15) is 5.75 Å². The molecule has 10 nitrogen and oxygen atoms in total. The summed E-state index contributed by atoms with van der Waals surface area (Å²) in [6.45, 7) is 3.04. The first kappa shape index (κ1) is 25.3. The van der Waals surface area contributed by atoms with Crippen LogP contribution in [0.5, 0.6) is 5.75 Å². The number of rotatable bonds is 6. The van der Waals surface area contributed by atoms with Gasteiger partial charge in [0.2, 0.25) is 10.0 Å². The summed E-state index contributed by atoms with van der Waals surface area (Å²) < 4.78 is 38.3. The molecular formula is C25H25N5O5S2. The summed E-state index contributed by atoms with van der Waals surface area (Å²) in [7, 11) is -1.96. The van der Waals surface area contributed by atoms with E-state index in [0.29, 0.717) is 57.6 Å². The van der Waals surface area contributed by atoms with E-state index >= 15 is 0 Å². The highest BCUT2D eigenvalue weighted by Gasteiger charge is 2.38. The first-order chi connectivity index (χ1) is 17.8. The van der Waals surface area contributed by atoms with Crippen LogP contribution in [-0.2, 0) is 27.8 Å². The molecule has 1 N–H and O–H groups in total. The Morgan fingerprint density at radius 1 is 1.30 bits per heavy atom. The number of aryl methyl sites for hydroxylation is 1. The lowest BCUT2D eigenvalue weighted by Gasteiger charge is -2.26. The van der Waals surface area contributed by atoms with E-state index < -0.39 is 21.2 Å². The fourth-order valence-electron chi connectivity index (χ4n) is 4.52. The van der Waals surface area contributed by atoms with Crippen molar-refractivity contribution in [2.75, 3.05) is 25.6 Å². The number of benzene rings is 1. The van der Waals surface area contributed by atoms with Gasteiger partial charge in [-0.2, -0.15) is 9.57 Å². The van der Waals surface area contributed by atoms with Crippen molar-refractivity contribution in [1.82, 2.24) is 14.3 Å². The second-order valence-corrected chi connectivity index (χ2v) is 12.2. The summed E-state index contributed by atoms with van der Waals surface area (Å²) in [5.41, 5.74) is 3.27. The van der Waals surface area contributed by atoms with E-state index in [-0.39, 0.29) is 19.7 Å². The molecule has 2 aliphatic heterocycles. The van der Waals surface area contributed by atoms with Crippen molar-refractivity contribution in [3.05, 3.63) is 57.9 Å². The van der Waals surface area contributed by atoms with Gasteiger partial charge < -0.3 is 9.47 Å². The zero-order valence-corrected chi connectivity index (χ0v) is 22.0. The molecule has 5 rings (SSSR count). The van der Waals surface area contributed by atoms with Crippen LogP contribution in [0.3, 0.4) is 0 Å². The van der Waals surface area contributed by atoms with Crippen LogP contribution in [0.1, 0.15) is 45.0 Å². The Hall–Kier alpha value is -3.37. The van der Waals surface area contributed by atoms with Crippen molar-refractivity contribution < 1.29 is 22.7 Å². The number of hydrogen-bond acceptors (Lipinski definition) is 9. The summed E-state index contributed by atoms with van der Waals surface area (Å²) in [5, 5.41) is 12.1. The minimum absolute atomic E-state index is 0.177. The van der Waals surface area contributed by atoms with Gasteiger partial charge in [0, 0.05) is 34.5 Å². The number of fused-ring (bicyclic) bond motifs is 1. The molecular weight excluding hydrogens is 514 g/mol. The van der Waals surface area contributed by atoms with Crippen molar-refractivity contribution in [1.29, 1.82) is 5.26 Å². The van der Waals surface area contributed by atoms with E-state index in [1.165, 1.54) is 28.9 Å². The van der Waals surface area contributed by atoms with Gasteiger partial charge in [-0.3, -0.25) is 15.1 Å². The predicted molar refractivity (Wildman–Crippen MR) is 138 cm³/mol. The number of methoxy groups -OCH3 is 1. The van der Waals surface area contributed by atoms with Crippen LogP contribution in [0.4, 0.5) is 5.13 Å². The maximum Gasteiger partial charge on any atom is 0.259 e. The molecule has 1 amide bonds. The molecule has 1 atom stereocenters. The lowest BCUT2D eigenvalue weighted by atomic mass is 9.97. The zero-order valence-electron chi connectivity index (χ0n) is 20.4. The van der Waals surface area contributed by atoms with Crippen molar-refractivity contribution in [3.63, 3.8) is 0 Å². The molecule has 12 heteroatoms. The lowest BCUT2D eigenvalue weighted by molar-refractivity contribution is 0.0974. The van der Waals surface area contributed by atoms with E-state index in [9.17, 15) is 18.5 Å². The highest BCUT2D eigenvalue weighted by atomic mass is 32.2. The minimum atomic E-state index is -3.49. The first-order valence-electron chi connectivity index (χ1n) is 11.7. The molecule has 1 fully saturated rings. The van der Waals surface area contributed by atoms with Crippen LogP contribution in [0.15, 0.2) is 30.5 Å². The van der Waals surface area contributed by atoms with Gasteiger partial charge in [-0.25, -0.2) is 13.4 Å². The van der Waals surface area contributed by atoms with Crippen LogP contribution < -0.4 is 10.1 Å². The smallest absolute Gasteiger partial charge is 0.259 e. The second-order valence-electron chi connectivity index (χ2n) is 8.89. The summed E-state index contributed by atoms with van der Waals surface area (Å²) in [6, 6.07) is 8.90. The number of carbonyl (C=O) groups is 1. The summed E-state index contributed by atoms with van der Waals surface area (Å²) in [5.74, 6) is 0.111. The Kier molecular flexibility index (Phi) is 6.96. The number of nitrogens with zero attached hydrogens (tertiary/aromatic N) is 4. The Labute approximate surface area is 218 Å². The number of carbonyl (C=O) groups excluding carboxylic acids is 1. The van der Waals surface area contributed by atoms with E-state index in [1.807, 2.05) is 6.92 Å². The quantitative estimate of drug-likeness (QED) is 0.503. The zero-order chi connectivity index (χ0) is 26.2. The number of pyridine rings is 1. The number of hydrogen-bond donors (Lipinski definition) is 1. The van der Waals surface area contributed by atoms with Gasteiger partial charge in [-0.1, -0.05) is 11.3 Å². The molecule has 4 heterocycles. The Bertz CT molecular complexity index is 1480. The molecule has 0 aliphatic carbocycles. The maximum absolute atomic E-state index is 13.3.